The van der Waals surface area contributed by atoms with Crippen LogP contribution in [0.1, 0.15) is 31.7 Å². The minimum Gasteiger partial charge on any atom is -0.508 e. The van der Waals surface area contributed by atoms with Gasteiger partial charge in [-0.15, -0.1) is 0 Å². The highest BCUT2D eigenvalue weighted by molar-refractivity contribution is 5.28. The number of ether oxygens (including phenoxy) is 1. The standard InChI is InChI=1S/C12H16O2/c1-8(7-12-9(2)14-12)10-3-5-11(13)6-4-10/h3-6,8-9,12-13H,7H2,1-2H3. The summed E-state index contributed by atoms with van der Waals surface area (Å²) in [5, 5.41) is 9.15. The molecule has 3 atom stereocenters. The lowest BCUT2D eigenvalue weighted by Crippen LogP contribution is -1.99. The van der Waals surface area contributed by atoms with Crippen LogP contribution in [0.15, 0.2) is 24.3 Å². The third-order valence-electron chi connectivity index (χ3n) is 2.88. The van der Waals surface area contributed by atoms with Crippen LogP contribution in [0.4, 0.5) is 0 Å². The molecule has 2 rings (SSSR count). The zero-order valence-corrected chi connectivity index (χ0v) is 8.60. The molecule has 1 aromatic carbocycles. The Morgan fingerprint density at radius 2 is 1.93 bits per heavy atom. The Kier molecular flexibility index (Phi) is 2.46. The molecule has 1 fully saturated rings. The van der Waals surface area contributed by atoms with E-state index in [0.717, 1.165) is 6.42 Å². The minimum atomic E-state index is 0.331. The highest BCUT2D eigenvalue weighted by atomic mass is 16.6. The summed E-state index contributed by atoms with van der Waals surface area (Å²) in [5.41, 5.74) is 1.27. The maximum absolute atomic E-state index is 9.15. The van der Waals surface area contributed by atoms with Gasteiger partial charge in [-0.1, -0.05) is 19.1 Å². The maximum atomic E-state index is 9.15. The number of benzene rings is 1. The van der Waals surface area contributed by atoms with Crippen molar-refractivity contribution in [1.82, 2.24) is 0 Å². The quantitative estimate of drug-likeness (QED) is 0.747. The monoisotopic (exact) mass is 192 g/mol. The molecule has 14 heavy (non-hydrogen) atoms. The fourth-order valence-corrected chi connectivity index (χ4v) is 1.76. The van der Waals surface area contributed by atoms with Crippen LogP contribution in [0.2, 0.25) is 0 Å². The van der Waals surface area contributed by atoms with Gasteiger partial charge in [-0.3, -0.25) is 0 Å². The summed E-state index contributed by atoms with van der Waals surface area (Å²) in [6.45, 7) is 4.30. The topological polar surface area (TPSA) is 32.8 Å². The summed E-state index contributed by atoms with van der Waals surface area (Å²) in [6.07, 6.45) is 1.96. The molecule has 1 saturated heterocycles. The second-order valence-corrected chi connectivity index (χ2v) is 4.11. The van der Waals surface area contributed by atoms with E-state index in [4.69, 9.17) is 9.84 Å². The number of epoxide rings is 1. The largest absolute Gasteiger partial charge is 0.508 e. The number of rotatable bonds is 3. The van der Waals surface area contributed by atoms with Crippen LogP contribution in [0.3, 0.4) is 0 Å². The summed E-state index contributed by atoms with van der Waals surface area (Å²) < 4.78 is 5.38. The average Bonchev–Trinajstić information content (AvgIpc) is 2.82. The first-order valence-corrected chi connectivity index (χ1v) is 5.11. The van der Waals surface area contributed by atoms with Crippen LogP contribution < -0.4 is 0 Å². The van der Waals surface area contributed by atoms with Gasteiger partial charge in [-0.05, 0) is 37.0 Å². The van der Waals surface area contributed by atoms with Crippen LogP contribution in [-0.2, 0) is 4.74 Å². The lowest BCUT2D eigenvalue weighted by Gasteiger charge is -2.09. The summed E-state index contributed by atoms with van der Waals surface area (Å²) >= 11 is 0. The van der Waals surface area contributed by atoms with Crippen molar-refractivity contribution in [2.45, 2.75) is 38.4 Å². The van der Waals surface area contributed by atoms with Crippen LogP contribution in [-0.4, -0.2) is 17.3 Å². The Morgan fingerprint density at radius 3 is 2.43 bits per heavy atom. The summed E-state index contributed by atoms with van der Waals surface area (Å²) in [6, 6.07) is 7.44. The molecule has 0 spiro atoms. The Labute approximate surface area is 84.5 Å². The second-order valence-electron chi connectivity index (χ2n) is 4.11. The molecule has 0 amide bonds. The van der Waals surface area contributed by atoms with E-state index < -0.39 is 0 Å². The molecule has 1 aromatic rings. The predicted octanol–water partition coefficient (Wildman–Crippen LogP) is 2.67. The van der Waals surface area contributed by atoms with E-state index in [1.807, 2.05) is 12.1 Å². The highest BCUT2D eigenvalue weighted by Crippen LogP contribution is 2.32. The Hall–Kier alpha value is -1.02. The molecule has 0 radical (unpaired) electrons. The molecule has 0 aliphatic carbocycles. The maximum Gasteiger partial charge on any atom is 0.115 e. The van der Waals surface area contributed by atoms with Crippen molar-refractivity contribution in [2.75, 3.05) is 0 Å². The molecule has 0 aromatic heterocycles. The lowest BCUT2D eigenvalue weighted by molar-refractivity contribution is 0.362. The molecule has 0 bridgehead atoms. The van der Waals surface area contributed by atoms with Gasteiger partial charge in [0, 0.05) is 0 Å². The Bertz CT molecular complexity index is 305. The molecule has 1 aliphatic rings. The molecular weight excluding hydrogens is 176 g/mol. The average molecular weight is 192 g/mol. The fraction of sp³-hybridized carbons (Fsp3) is 0.500. The van der Waals surface area contributed by atoms with E-state index >= 15 is 0 Å². The van der Waals surface area contributed by atoms with Gasteiger partial charge < -0.3 is 9.84 Å². The number of hydrogen-bond acceptors (Lipinski definition) is 2. The molecule has 3 unspecified atom stereocenters. The predicted molar refractivity (Wildman–Crippen MR) is 55.5 cm³/mol. The van der Waals surface area contributed by atoms with Gasteiger partial charge in [0.1, 0.15) is 5.75 Å². The molecule has 2 heteroatoms. The zero-order valence-electron chi connectivity index (χ0n) is 8.60. The van der Waals surface area contributed by atoms with Crippen molar-refractivity contribution in [2.24, 2.45) is 0 Å². The lowest BCUT2D eigenvalue weighted by atomic mass is 9.95. The van der Waals surface area contributed by atoms with Gasteiger partial charge >= 0.3 is 0 Å². The van der Waals surface area contributed by atoms with Crippen molar-refractivity contribution in [3.05, 3.63) is 29.8 Å². The van der Waals surface area contributed by atoms with E-state index in [9.17, 15) is 0 Å². The molecule has 1 heterocycles. The van der Waals surface area contributed by atoms with Crippen molar-refractivity contribution in [3.63, 3.8) is 0 Å². The Balaban J connectivity index is 1.96. The summed E-state index contributed by atoms with van der Waals surface area (Å²) in [7, 11) is 0. The van der Waals surface area contributed by atoms with Crippen LogP contribution >= 0.6 is 0 Å². The van der Waals surface area contributed by atoms with E-state index in [2.05, 4.69) is 13.8 Å². The van der Waals surface area contributed by atoms with Gasteiger partial charge in [0.05, 0.1) is 12.2 Å². The fourth-order valence-electron chi connectivity index (χ4n) is 1.76. The third-order valence-corrected chi connectivity index (χ3v) is 2.88. The molecular formula is C12H16O2. The van der Waals surface area contributed by atoms with Crippen molar-refractivity contribution < 1.29 is 9.84 Å². The number of phenolic OH excluding ortho intramolecular Hbond substituents is 1. The first kappa shape index (κ1) is 9.53. The minimum absolute atomic E-state index is 0.331. The summed E-state index contributed by atoms with van der Waals surface area (Å²) in [4.78, 5) is 0. The first-order chi connectivity index (χ1) is 6.66. The number of phenols is 1. The van der Waals surface area contributed by atoms with Gasteiger partial charge in [-0.2, -0.15) is 0 Å². The molecule has 0 saturated carbocycles. The first-order valence-electron chi connectivity index (χ1n) is 5.11. The molecule has 1 N–H and O–H groups in total. The second kappa shape index (κ2) is 3.62. The number of hydrogen-bond donors (Lipinski definition) is 1. The van der Waals surface area contributed by atoms with Gasteiger partial charge in [-0.25, -0.2) is 0 Å². The van der Waals surface area contributed by atoms with E-state index in [1.165, 1.54) is 5.56 Å². The highest BCUT2D eigenvalue weighted by Gasteiger charge is 2.35. The molecule has 1 aliphatic heterocycles. The van der Waals surface area contributed by atoms with Crippen LogP contribution in [0.5, 0.6) is 5.75 Å². The van der Waals surface area contributed by atoms with Crippen molar-refractivity contribution in [3.8, 4) is 5.75 Å². The number of aromatic hydroxyl groups is 1. The van der Waals surface area contributed by atoms with Crippen molar-refractivity contribution in [1.29, 1.82) is 0 Å². The van der Waals surface area contributed by atoms with Crippen LogP contribution in [0, 0.1) is 0 Å². The Morgan fingerprint density at radius 1 is 1.36 bits per heavy atom. The van der Waals surface area contributed by atoms with E-state index in [-0.39, 0.29) is 0 Å². The molecule has 2 nitrogen and oxygen atoms in total. The van der Waals surface area contributed by atoms with E-state index in [1.54, 1.807) is 12.1 Å². The van der Waals surface area contributed by atoms with Gasteiger partial charge in [0.15, 0.2) is 0 Å². The summed E-state index contributed by atoms with van der Waals surface area (Å²) in [5.74, 6) is 0.836. The van der Waals surface area contributed by atoms with Crippen LogP contribution in [0.25, 0.3) is 0 Å². The van der Waals surface area contributed by atoms with Gasteiger partial charge in [0.25, 0.3) is 0 Å². The van der Waals surface area contributed by atoms with Crippen molar-refractivity contribution >= 4 is 0 Å². The third kappa shape index (κ3) is 2.07. The SMILES string of the molecule is CC(CC1OC1C)c1ccc(O)cc1. The van der Waals surface area contributed by atoms with Gasteiger partial charge in [0.2, 0.25) is 0 Å². The normalized spacial score (nSPS) is 27.3. The van der Waals surface area contributed by atoms with E-state index in [0.29, 0.717) is 23.9 Å². The smallest absolute Gasteiger partial charge is 0.115 e. The zero-order chi connectivity index (χ0) is 10.1. The molecule has 76 valence electrons.